The molecule has 1 aromatic carbocycles. The van der Waals surface area contributed by atoms with Crippen molar-refractivity contribution in [1.29, 1.82) is 0 Å². The summed E-state index contributed by atoms with van der Waals surface area (Å²) in [6.07, 6.45) is 1.95. The number of rotatable bonds is 9. The lowest BCUT2D eigenvalue weighted by molar-refractivity contribution is -0.118. The number of nitrogens with zero attached hydrogens (tertiary/aromatic N) is 1. The molecule has 3 aromatic rings. The van der Waals surface area contributed by atoms with Crippen molar-refractivity contribution in [2.75, 3.05) is 5.75 Å². The molecule has 0 saturated carbocycles. The van der Waals surface area contributed by atoms with E-state index >= 15 is 0 Å². The van der Waals surface area contributed by atoms with Crippen LogP contribution in [0.5, 0.6) is 0 Å². The molecular formula is C22H26FN3O2S2. The predicted molar refractivity (Wildman–Crippen MR) is 123 cm³/mol. The number of aromatic amines is 1. The minimum Gasteiger partial charge on any atom is -0.351 e. The summed E-state index contributed by atoms with van der Waals surface area (Å²) < 4.78 is 12.9. The summed E-state index contributed by atoms with van der Waals surface area (Å²) in [5.41, 5.74) is 1.85. The third kappa shape index (κ3) is 5.70. The van der Waals surface area contributed by atoms with Gasteiger partial charge in [-0.1, -0.05) is 32.4 Å². The Kier molecular flexibility index (Phi) is 7.66. The highest BCUT2D eigenvalue weighted by molar-refractivity contribution is 7.99. The number of aryl methyl sites for hydroxylation is 1. The number of H-pyrrole nitrogens is 1. The van der Waals surface area contributed by atoms with Crippen molar-refractivity contribution in [2.24, 2.45) is 5.92 Å². The largest absolute Gasteiger partial charge is 0.351 e. The molecule has 0 saturated heterocycles. The van der Waals surface area contributed by atoms with Crippen LogP contribution in [-0.4, -0.2) is 21.6 Å². The van der Waals surface area contributed by atoms with Crippen LogP contribution in [0.15, 0.2) is 29.1 Å². The number of hydrogen-bond acceptors (Lipinski definition) is 5. The van der Waals surface area contributed by atoms with Crippen molar-refractivity contribution < 1.29 is 9.18 Å². The van der Waals surface area contributed by atoms with Gasteiger partial charge in [0.05, 0.1) is 16.9 Å². The summed E-state index contributed by atoms with van der Waals surface area (Å²) in [5, 5.41) is 3.52. The Balaban J connectivity index is 1.57. The van der Waals surface area contributed by atoms with Crippen LogP contribution in [0.1, 0.15) is 42.1 Å². The molecule has 1 atom stereocenters. The molecule has 0 unspecified atom stereocenters. The average Bonchev–Trinajstić information content (AvgIpc) is 3.03. The van der Waals surface area contributed by atoms with Gasteiger partial charge >= 0.3 is 0 Å². The summed E-state index contributed by atoms with van der Waals surface area (Å²) in [5.74, 6) is 1.39. The summed E-state index contributed by atoms with van der Waals surface area (Å²) in [6.45, 7) is 6.75. The minimum absolute atomic E-state index is 0.0981. The number of benzene rings is 1. The molecule has 8 heteroatoms. The zero-order chi connectivity index (χ0) is 21.7. The number of carbonyl (C=O) groups is 1. The fraction of sp³-hybridized carbons (Fsp3) is 0.409. The quantitative estimate of drug-likeness (QED) is 0.504. The Morgan fingerprint density at radius 1 is 1.33 bits per heavy atom. The molecule has 5 nitrogen and oxygen atoms in total. The van der Waals surface area contributed by atoms with Gasteiger partial charge in [0.15, 0.2) is 0 Å². The smallest absolute Gasteiger partial charge is 0.259 e. The zero-order valence-electron chi connectivity index (χ0n) is 17.4. The molecule has 0 aliphatic rings. The van der Waals surface area contributed by atoms with E-state index in [9.17, 15) is 14.0 Å². The lowest BCUT2D eigenvalue weighted by Crippen LogP contribution is -2.24. The van der Waals surface area contributed by atoms with Crippen LogP contribution >= 0.6 is 23.1 Å². The number of nitrogens with one attached hydrogen (secondary N) is 2. The number of aromatic nitrogens is 2. The van der Waals surface area contributed by atoms with Crippen LogP contribution in [-0.2, 0) is 23.5 Å². The van der Waals surface area contributed by atoms with Crippen LogP contribution in [0.2, 0.25) is 0 Å². The van der Waals surface area contributed by atoms with Crippen LogP contribution in [0.3, 0.4) is 0 Å². The standard InChI is InChI=1S/C22H26FN3O2S2/c1-4-13(2)9-17-14(3)30-22-20(17)21(28)25-18(26-22)11-29-12-19(27)24-10-15-5-7-16(23)8-6-15/h5-8,13H,4,9-12H2,1-3H3,(H,24,27)(H,25,26,28)/t13-/m0/s1. The highest BCUT2D eigenvalue weighted by Gasteiger charge is 2.17. The molecule has 0 radical (unpaired) electrons. The minimum atomic E-state index is -0.299. The van der Waals surface area contributed by atoms with E-state index in [0.29, 0.717) is 29.4 Å². The Labute approximate surface area is 183 Å². The van der Waals surface area contributed by atoms with Gasteiger partial charge in [-0.05, 0) is 42.5 Å². The van der Waals surface area contributed by atoms with E-state index in [2.05, 4.69) is 29.1 Å². The van der Waals surface area contributed by atoms with Crippen molar-refractivity contribution in [3.63, 3.8) is 0 Å². The average molecular weight is 448 g/mol. The molecule has 0 fully saturated rings. The first kappa shape index (κ1) is 22.5. The van der Waals surface area contributed by atoms with Gasteiger partial charge in [-0.2, -0.15) is 0 Å². The van der Waals surface area contributed by atoms with Crippen molar-refractivity contribution >= 4 is 39.2 Å². The predicted octanol–water partition coefficient (Wildman–Crippen LogP) is 4.57. The fourth-order valence-electron chi connectivity index (χ4n) is 3.12. The third-order valence-electron chi connectivity index (χ3n) is 5.04. The lowest BCUT2D eigenvalue weighted by Gasteiger charge is -2.08. The van der Waals surface area contributed by atoms with Gasteiger partial charge in [-0.25, -0.2) is 9.37 Å². The number of halogens is 1. The summed E-state index contributed by atoms with van der Waals surface area (Å²) >= 11 is 2.95. The number of amides is 1. The molecule has 0 bridgehead atoms. The Morgan fingerprint density at radius 3 is 2.77 bits per heavy atom. The van der Waals surface area contributed by atoms with E-state index < -0.39 is 0 Å². The van der Waals surface area contributed by atoms with Crippen molar-refractivity contribution in [3.05, 3.63) is 62.3 Å². The van der Waals surface area contributed by atoms with Crippen molar-refractivity contribution in [1.82, 2.24) is 15.3 Å². The van der Waals surface area contributed by atoms with Crippen molar-refractivity contribution in [2.45, 2.75) is 45.9 Å². The van der Waals surface area contributed by atoms with E-state index in [0.717, 1.165) is 33.7 Å². The van der Waals surface area contributed by atoms with E-state index in [1.807, 2.05) is 6.92 Å². The van der Waals surface area contributed by atoms with Gasteiger partial charge in [-0.3, -0.25) is 9.59 Å². The highest BCUT2D eigenvalue weighted by Crippen LogP contribution is 2.29. The number of thiophene rings is 1. The zero-order valence-corrected chi connectivity index (χ0v) is 19.0. The van der Waals surface area contributed by atoms with E-state index in [1.165, 1.54) is 23.9 Å². The maximum absolute atomic E-state index is 12.9. The molecule has 0 spiro atoms. The van der Waals surface area contributed by atoms with Gasteiger partial charge in [0.1, 0.15) is 16.5 Å². The molecule has 30 heavy (non-hydrogen) atoms. The topological polar surface area (TPSA) is 74.8 Å². The van der Waals surface area contributed by atoms with Crippen molar-refractivity contribution in [3.8, 4) is 0 Å². The van der Waals surface area contributed by atoms with Gasteiger partial charge in [0.25, 0.3) is 5.56 Å². The summed E-state index contributed by atoms with van der Waals surface area (Å²) in [4.78, 5) is 34.1. The molecule has 2 aromatic heterocycles. The Morgan fingerprint density at radius 2 is 2.07 bits per heavy atom. The van der Waals surface area contributed by atoms with Gasteiger partial charge in [-0.15, -0.1) is 23.1 Å². The van der Waals surface area contributed by atoms with Crippen LogP contribution in [0.25, 0.3) is 10.2 Å². The number of fused-ring (bicyclic) bond motifs is 1. The van der Waals surface area contributed by atoms with E-state index in [1.54, 1.807) is 23.5 Å². The summed E-state index contributed by atoms with van der Waals surface area (Å²) in [7, 11) is 0. The summed E-state index contributed by atoms with van der Waals surface area (Å²) in [6, 6.07) is 6.03. The lowest BCUT2D eigenvalue weighted by atomic mass is 9.98. The molecule has 1 amide bonds. The molecule has 3 rings (SSSR count). The molecule has 0 aliphatic carbocycles. The van der Waals surface area contributed by atoms with Gasteiger partial charge in [0, 0.05) is 11.4 Å². The first-order valence-corrected chi connectivity index (χ1v) is 11.9. The fourth-order valence-corrected chi connectivity index (χ4v) is 4.91. The van der Waals surface area contributed by atoms with Crippen LogP contribution in [0, 0.1) is 18.7 Å². The van der Waals surface area contributed by atoms with E-state index in [-0.39, 0.29) is 23.0 Å². The Bertz CT molecular complexity index is 1080. The first-order valence-electron chi connectivity index (χ1n) is 9.97. The van der Waals surface area contributed by atoms with Crippen LogP contribution in [0.4, 0.5) is 4.39 Å². The normalized spacial score (nSPS) is 12.3. The number of carbonyl (C=O) groups excluding carboxylic acids is 1. The third-order valence-corrected chi connectivity index (χ3v) is 7.02. The SMILES string of the molecule is CC[C@H](C)Cc1c(C)sc2nc(CSCC(=O)NCc3ccc(F)cc3)[nH]c(=O)c12. The first-order chi connectivity index (χ1) is 14.4. The second kappa shape index (κ2) is 10.2. The molecule has 2 N–H and O–H groups in total. The molecule has 160 valence electrons. The maximum atomic E-state index is 12.9. The second-order valence-corrected chi connectivity index (χ2v) is 9.63. The Hall–Kier alpha value is -2.19. The molecule has 0 aliphatic heterocycles. The number of thioether (sulfide) groups is 1. The van der Waals surface area contributed by atoms with Gasteiger partial charge in [0.2, 0.25) is 5.91 Å². The molecular weight excluding hydrogens is 421 g/mol. The van der Waals surface area contributed by atoms with E-state index in [4.69, 9.17) is 0 Å². The van der Waals surface area contributed by atoms with Gasteiger partial charge < -0.3 is 10.3 Å². The molecule has 2 heterocycles. The maximum Gasteiger partial charge on any atom is 0.259 e. The number of hydrogen-bond donors (Lipinski definition) is 2. The van der Waals surface area contributed by atoms with Crippen LogP contribution < -0.4 is 10.9 Å². The monoisotopic (exact) mass is 447 g/mol. The highest BCUT2D eigenvalue weighted by atomic mass is 32.2. The second-order valence-electron chi connectivity index (χ2n) is 7.44.